The third-order valence-corrected chi connectivity index (χ3v) is 7.55. The molecule has 130 valence electrons. The second-order valence-electron chi connectivity index (χ2n) is 6.57. The summed E-state index contributed by atoms with van der Waals surface area (Å²) in [6, 6.07) is 26.4. The van der Waals surface area contributed by atoms with Crippen LogP contribution in [0.2, 0.25) is 0 Å². The Balaban J connectivity index is 1.86. The summed E-state index contributed by atoms with van der Waals surface area (Å²) in [7, 11) is -3.82. The molecule has 3 nitrogen and oxygen atoms in total. The van der Waals surface area contributed by atoms with Gasteiger partial charge in [0.25, 0.3) is 0 Å². The Morgan fingerprint density at radius 3 is 1.85 bits per heavy atom. The molecule has 4 rings (SSSR count). The highest BCUT2D eigenvalue weighted by Crippen LogP contribution is 2.60. The summed E-state index contributed by atoms with van der Waals surface area (Å²) >= 11 is 0. The minimum atomic E-state index is -3.82. The van der Waals surface area contributed by atoms with Crippen molar-refractivity contribution in [2.75, 3.05) is 0 Å². The van der Waals surface area contributed by atoms with Gasteiger partial charge < -0.3 is 0 Å². The standard InChI is InChI=1S/C22H18O3S/c23-21(18-12-6-2-7-13-18)22(16-20(22)17-10-4-1-5-11-17)26(24,25)19-14-8-3-9-15-19/h1-15,20H,16H2/t20-,22-/m1/s1. The topological polar surface area (TPSA) is 51.2 Å². The first-order valence-electron chi connectivity index (χ1n) is 8.52. The summed E-state index contributed by atoms with van der Waals surface area (Å²) < 4.78 is 25.6. The number of rotatable bonds is 5. The molecule has 0 heterocycles. The van der Waals surface area contributed by atoms with Crippen LogP contribution in [0, 0.1) is 0 Å². The predicted molar refractivity (Wildman–Crippen MR) is 101 cm³/mol. The Morgan fingerprint density at radius 2 is 1.27 bits per heavy atom. The zero-order chi connectivity index (χ0) is 18.2. The molecule has 1 aliphatic rings. The quantitative estimate of drug-likeness (QED) is 0.637. The Bertz CT molecular complexity index is 1030. The number of carbonyl (C=O) groups is 1. The lowest BCUT2D eigenvalue weighted by Gasteiger charge is -2.18. The molecule has 0 aliphatic heterocycles. The molecule has 0 aromatic heterocycles. The number of hydrogen-bond acceptors (Lipinski definition) is 3. The van der Waals surface area contributed by atoms with Crippen molar-refractivity contribution >= 4 is 15.6 Å². The lowest BCUT2D eigenvalue weighted by molar-refractivity contribution is 0.0976. The third-order valence-electron chi connectivity index (χ3n) is 5.07. The molecule has 3 aromatic carbocycles. The number of Topliss-reactive ketones (excluding diaryl/α,β-unsaturated/α-hetero) is 1. The molecule has 1 aliphatic carbocycles. The monoisotopic (exact) mass is 362 g/mol. The average molecular weight is 362 g/mol. The first-order valence-corrected chi connectivity index (χ1v) is 10.0. The summed E-state index contributed by atoms with van der Waals surface area (Å²) in [5, 5.41) is 0. The van der Waals surface area contributed by atoms with E-state index < -0.39 is 14.6 Å². The molecule has 0 saturated heterocycles. The van der Waals surface area contributed by atoms with Gasteiger partial charge in [-0.15, -0.1) is 0 Å². The number of benzene rings is 3. The molecule has 3 aromatic rings. The van der Waals surface area contributed by atoms with E-state index in [2.05, 4.69) is 0 Å². The largest absolute Gasteiger partial charge is 0.292 e. The Hall–Kier alpha value is -2.72. The molecule has 0 bridgehead atoms. The number of carbonyl (C=O) groups excluding carboxylic acids is 1. The lowest BCUT2D eigenvalue weighted by Crippen LogP contribution is -2.35. The summed E-state index contributed by atoms with van der Waals surface area (Å²) in [6.07, 6.45) is 0.308. The van der Waals surface area contributed by atoms with Crippen LogP contribution in [0.3, 0.4) is 0 Å². The van der Waals surface area contributed by atoms with E-state index in [1.165, 1.54) is 0 Å². The van der Waals surface area contributed by atoms with Crippen molar-refractivity contribution in [3.8, 4) is 0 Å². The maximum Gasteiger partial charge on any atom is 0.192 e. The SMILES string of the molecule is O=C(c1ccccc1)[C@@]1(S(=O)(=O)c2ccccc2)C[C@@H]1c1ccccc1. The van der Waals surface area contributed by atoms with Gasteiger partial charge in [0.1, 0.15) is 4.75 Å². The second kappa shape index (κ2) is 6.22. The van der Waals surface area contributed by atoms with Crippen LogP contribution in [0.4, 0.5) is 0 Å². The van der Waals surface area contributed by atoms with Crippen LogP contribution in [-0.4, -0.2) is 18.9 Å². The molecule has 0 radical (unpaired) electrons. The zero-order valence-electron chi connectivity index (χ0n) is 14.1. The molecule has 4 heteroatoms. The fourth-order valence-electron chi connectivity index (χ4n) is 3.63. The second-order valence-corrected chi connectivity index (χ2v) is 8.78. The number of hydrogen-bond donors (Lipinski definition) is 0. The highest BCUT2D eigenvalue weighted by atomic mass is 32.2. The van der Waals surface area contributed by atoms with Crippen molar-refractivity contribution in [3.63, 3.8) is 0 Å². The highest BCUT2D eigenvalue weighted by molar-refractivity contribution is 7.94. The Labute approximate surface area is 153 Å². The maximum atomic E-state index is 13.5. The van der Waals surface area contributed by atoms with E-state index in [1.54, 1.807) is 54.6 Å². The minimum Gasteiger partial charge on any atom is -0.292 e. The summed E-state index contributed by atoms with van der Waals surface area (Å²) in [4.78, 5) is 13.6. The third kappa shape index (κ3) is 2.49. The predicted octanol–water partition coefficient (Wildman–Crippen LogP) is 4.27. The number of sulfone groups is 1. The molecule has 0 amide bonds. The molecule has 0 unspecified atom stereocenters. The maximum absolute atomic E-state index is 13.5. The van der Waals surface area contributed by atoms with Gasteiger partial charge in [-0.25, -0.2) is 8.42 Å². The molecular formula is C22H18O3S. The summed E-state index contributed by atoms with van der Waals surface area (Å²) in [5.74, 6) is -0.655. The fourth-order valence-corrected chi connectivity index (χ4v) is 5.83. The van der Waals surface area contributed by atoms with E-state index in [9.17, 15) is 13.2 Å². The van der Waals surface area contributed by atoms with Crippen LogP contribution in [-0.2, 0) is 9.84 Å². The number of ketones is 1. The molecular weight excluding hydrogens is 344 g/mol. The van der Waals surface area contributed by atoms with Crippen LogP contribution in [0.15, 0.2) is 95.9 Å². The van der Waals surface area contributed by atoms with Gasteiger partial charge in [0.05, 0.1) is 4.90 Å². The van der Waals surface area contributed by atoms with Crippen LogP contribution in [0.5, 0.6) is 0 Å². The molecule has 0 spiro atoms. The van der Waals surface area contributed by atoms with Crippen molar-refractivity contribution in [2.45, 2.75) is 22.0 Å². The van der Waals surface area contributed by atoms with Crippen molar-refractivity contribution < 1.29 is 13.2 Å². The lowest BCUT2D eigenvalue weighted by atomic mass is 10.0. The highest BCUT2D eigenvalue weighted by Gasteiger charge is 2.69. The van der Waals surface area contributed by atoms with Gasteiger partial charge in [0.2, 0.25) is 0 Å². The summed E-state index contributed by atoms with van der Waals surface area (Å²) in [5.41, 5.74) is 1.32. The van der Waals surface area contributed by atoms with E-state index >= 15 is 0 Å². The smallest absolute Gasteiger partial charge is 0.192 e. The van der Waals surface area contributed by atoms with Crippen LogP contribution >= 0.6 is 0 Å². The van der Waals surface area contributed by atoms with Gasteiger partial charge >= 0.3 is 0 Å². The van der Waals surface area contributed by atoms with Crippen LogP contribution in [0.1, 0.15) is 28.3 Å². The van der Waals surface area contributed by atoms with Crippen molar-refractivity contribution in [1.29, 1.82) is 0 Å². The van der Waals surface area contributed by atoms with Gasteiger partial charge in [-0.05, 0) is 24.1 Å². The van der Waals surface area contributed by atoms with Crippen molar-refractivity contribution in [2.24, 2.45) is 0 Å². The van der Waals surface area contributed by atoms with E-state index in [0.717, 1.165) is 5.56 Å². The normalized spacial score (nSPS) is 21.9. The minimum absolute atomic E-state index is 0.197. The van der Waals surface area contributed by atoms with Crippen molar-refractivity contribution in [1.82, 2.24) is 0 Å². The zero-order valence-corrected chi connectivity index (χ0v) is 14.9. The Kier molecular flexibility index (Phi) is 4.00. The van der Waals surface area contributed by atoms with Crippen molar-refractivity contribution in [3.05, 3.63) is 102 Å². The van der Waals surface area contributed by atoms with Gasteiger partial charge in [0, 0.05) is 11.5 Å². The van der Waals surface area contributed by atoms with Gasteiger partial charge in [-0.1, -0.05) is 78.9 Å². The first-order chi connectivity index (χ1) is 12.6. The summed E-state index contributed by atoms with van der Waals surface area (Å²) in [6.45, 7) is 0. The average Bonchev–Trinajstić information content (AvgIpc) is 3.47. The first kappa shape index (κ1) is 16.7. The van der Waals surface area contributed by atoms with Crippen LogP contribution in [0.25, 0.3) is 0 Å². The van der Waals surface area contributed by atoms with Gasteiger partial charge in [0.15, 0.2) is 15.6 Å². The molecule has 2 atom stereocenters. The van der Waals surface area contributed by atoms with Crippen LogP contribution < -0.4 is 0 Å². The van der Waals surface area contributed by atoms with Gasteiger partial charge in [-0.2, -0.15) is 0 Å². The molecule has 0 N–H and O–H groups in total. The van der Waals surface area contributed by atoms with E-state index in [-0.39, 0.29) is 16.6 Å². The molecule has 1 saturated carbocycles. The molecule has 26 heavy (non-hydrogen) atoms. The Morgan fingerprint density at radius 1 is 0.769 bits per heavy atom. The molecule has 1 fully saturated rings. The van der Waals surface area contributed by atoms with E-state index in [0.29, 0.717) is 12.0 Å². The van der Waals surface area contributed by atoms with E-state index in [4.69, 9.17) is 0 Å². The fraction of sp³-hybridized carbons (Fsp3) is 0.136. The van der Waals surface area contributed by atoms with Gasteiger partial charge in [-0.3, -0.25) is 4.79 Å². The van der Waals surface area contributed by atoms with E-state index in [1.807, 2.05) is 36.4 Å².